The first kappa shape index (κ1) is 79.0. The standard InChI is InChI=1S/C73H119NO13/c1-3-5-7-9-11-13-15-17-19-21-23-25-27-29-30-31-32-33-35-37-39-41-43-45-47-49-51-53-55-57-65(78)74-61(60-84-72-70(83)68(81)71(64(59-76)86-72)87-73-69(82)67(80)66(79)63(58-75)85-73)62(77)56-54-52-50-48-46-44-42-40-38-36-34-28-26-24-22-20-18-16-14-12-10-8-6-4-2/h5,7,11,13,17,19,23,25,29-30,32-33,37-40,43,45-46,48-49,51,54,56,61-64,66-73,75-77,79-83H,3-4,6,8-10,12,14-16,18,20-22,24,26-28,31,34-36,41-42,44,47,50,52-53,55,57-60H2,1-2H3,(H,74,78)/b7-5-,13-11-,19-17-,25-23-,30-29-,33-32-,39-37-,40-38+,45-43-,48-46+,51-49-,56-54+. The Labute approximate surface area is 525 Å². The molecule has 12 unspecified atom stereocenters. The molecule has 1 amide bonds. The third-order valence-corrected chi connectivity index (χ3v) is 15.2. The van der Waals surface area contributed by atoms with E-state index < -0.39 is 86.8 Å². The van der Waals surface area contributed by atoms with Gasteiger partial charge in [-0.25, -0.2) is 0 Å². The van der Waals surface area contributed by atoms with E-state index in [1.54, 1.807) is 6.08 Å². The fourth-order valence-corrected chi connectivity index (χ4v) is 9.91. The molecular formula is C73H119NO13. The predicted molar refractivity (Wildman–Crippen MR) is 354 cm³/mol. The Morgan fingerprint density at radius 2 is 0.805 bits per heavy atom. The molecule has 0 radical (unpaired) electrons. The van der Waals surface area contributed by atoms with Crippen molar-refractivity contribution in [3.05, 3.63) is 146 Å². The molecule has 2 aliphatic heterocycles. The van der Waals surface area contributed by atoms with Gasteiger partial charge in [0.05, 0.1) is 32.0 Å². The molecule has 2 aliphatic rings. The van der Waals surface area contributed by atoms with Crippen LogP contribution >= 0.6 is 0 Å². The van der Waals surface area contributed by atoms with Crippen LogP contribution in [0.25, 0.3) is 0 Å². The lowest BCUT2D eigenvalue weighted by atomic mass is 9.97. The van der Waals surface area contributed by atoms with E-state index in [-0.39, 0.29) is 18.9 Å². The van der Waals surface area contributed by atoms with Crippen LogP contribution in [0.2, 0.25) is 0 Å². The molecule has 2 fully saturated rings. The Morgan fingerprint density at radius 1 is 0.425 bits per heavy atom. The molecule has 0 bridgehead atoms. The zero-order chi connectivity index (χ0) is 63.1. The van der Waals surface area contributed by atoms with Gasteiger partial charge in [0.1, 0.15) is 48.8 Å². The number of aliphatic hydroxyl groups excluding tert-OH is 8. The number of hydrogen-bond acceptors (Lipinski definition) is 13. The van der Waals surface area contributed by atoms with Gasteiger partial charge in [-0.2, -0.15) is 0 Å². The van der Waals surface area contributed by atoms with E-state index in [9.17, 15) is 45.6 Å². The van der Waals surface area contributed by atoms with Gasteiger partial charge in [0.25, 0.3) is 0 Å². The molecule has 9 N–H and O–H groups in total. The normalized spacial score (nSPS) is 24.3. The second-order valence-electron chi connectivity index (χ2n) is 22.8. The summed E-state index contributed by atoms with van der Waals surface area (Å²) in [6, 6.07) is -0.982. The Morgan fingerprint density at radius 3 is 1.26 bits per heavy atom. The average Bonchev–Trinajstić information content (AvgIpc) is 1.55. The van der Waals surface area contributed by atoms with Crippen LogP contribution in [0.1, 0.15) is 213 Å². The monoisotopic (exact) mass is 1220 g/mol. The maximum Gasteiger partial charge on any atom is 0.220 e. The van der Waals surface area contributed by atoms with Crippen molar-refractivity contribution in [1.29, 1.82) is 0 Å². The lowest BCUT2D eigenvalue weighted by Gasteiger charge is -2.46. The number of allylic oxidation sites excluding steroid dienone is 23. The van der Waals surface area contributed by atoms with Crippen LogP contribution in [-0.4, -0.2) is 140 Å². The molecule has 0 saturated carbocycles. The Kier molecular flexibility index (Phi) is 50.7. The van der Waals surface area contributed by atoms with Gasteiger partial charge in [-0.15, -0.1) is 0 Å². The molecule has 494 valence electrons. The third kappa shape index (κ3) is 40.3. The van der Waals surface area contributed by atoms with Gasteiger partial charge in [0.2, 0.25) is 5.91 Å². The minimum Gasteiger partial charge on any atom is -0.394 e. The van der Waals surface area contributed by atoms with Crippen molar-refractivity contribution in [1.82, 2.24) is 5.32 Å². The summed E-state index contributed by atoms with van der Waals surface area (Å²) in [4.78, 5) is 13.3. The van der Waals surface area contributed by atoms with Crippen LogP contribution in [0.4, 0.5) is 0 Å². The number of carbonyl (C=O) groups excluding carboxylic acids is 1. The highest BCUT2D eigenvalue weighted by molar-refractivity contribution is 5.76. The number of nitrogens with one attached hydrogen (secondary N) is 1. The lowest BCUT2D eigenvalue weighted by molar-refractivity contribution is -0.359. The van der Waals surface area contributed by atoms with E-state index in [4.69, 9.17) is 18.9 Å². The highest BCUT2D eigenvalue weighted by Gasteiger charge is 2.51. The second kappa shape index (κ2) is 55.9. The van der Waals surface area contributed by atoms with Crippen molar-refractivity contribution in [3.63, 3.8) is 0 Å². The van der Waals surface area contributed by atoms with Gasteiger partial charge in [0, 0.05) is 6.42 Å². The van der Waals surface area contributed by atoms with Gasteiger partial charge >= 0.3 is 0 Å². The first-order chi connectivity index (χ1) is 42.6. The van der Waals surface area contributed by atoms with Crippen LogP contribution in [0.15, 0.2) is 146 Å². The number of aliphatic hydroxyl groups is 8. The zero-order valence-corrected chi connectivity index (χ0v) is 53.4. The zero-order valence-electron chi connectivity index (χ0n) is 53.4. The van der Waals surface area contributed by atoms with E-state index in [0.717, 1.165) is 83.5 Å². The molecule has 12 atom stereocenters. The van der Waals surface area contributed by atoms with Crippen molar-refractivity contribution >= 4 is 5.91 Å². The summed E-state index contributed by atoms with van der Waals surface area (Å²) >= 11 is 0. The molecule has 0 aliphatic carbocycles. The molecule has 2 rings (SSSR count). The Bertz CT molecular complexity index is 2020. The number of ether oxygens (including phenoxy) is 4. The van der Waals surface area contributed by atoms with Gasteiger partial charge in [-0.05, 0) is 109 Å². The fraction of sp³-hybridized carbons (Fsp3) is 0.658. The van der Waals surface area contributed by atoms with Crippen LogP contribution < -0.4 is 5.32 Å². The van der Waals surface area contributed by atoms with Gasteiger partial charge in [-0.1, -0.05) is 243 Å². The SMILES string of the molecule is CC/C=C\C/C=C\C/C=C\C/C=C\C/C=C\C/C=C\C/C=C\C/C=C\C/C=C\CCCC(=O)NC(COC1OC(CO)C(OC2OC(CO)C(O)C(O)C2O)C(O)C1O)C(O)/C=C/CC/C=C/CC/C=C/CCCCCCCCCCCCCCCC. The maximum absolute atomic E-state index is 13.3. The van der Waals surface area contributed by atoms with E-state index in [2.05, 4.69) is 147 Å². The highest BCUT2D eigenvalue weighted by Crippen LogP contribution is 2.30. The quantitative estimate of drug-likeness (QED) is 0.0204. The summed E-state index contributed by atoms with van der Waals surface area (Å²) in [5.41, 5.74) is 0. The number of hydrogen-bond donors (Lipinski definition) is 9. The average molecular weight is 1220 g/mol. The van der Waals surface area contributed by atoms with Crippen molar-refractivity contribution < 1.29 is 64.6 Å². The summed E-state index contributed by atoms with van der Waals surface area (Å²) in [6.07, 6.45) is 67.5. The van der Waals surface area contributed by atoms with Crippen molar-refractivity contribution in [2.45, 2.75) is 286 Å². The number of carbonyl (C=O) groups is 1. The second-order valence-corrected chi connectivity index (χ2v) is 22.8. The first-order valence-corrected chi connectivity index (χ1v) is 33.6. The van der Waals surface area contributed by atoms with E-state index >= 15 is 0 Å². The summed E-state index contributed by atoms with van der Waals surface area (Å²) in [5.74, 6) is -0.317. The smallest absolute Gasteiger partial charge is 0.220 e. The Balaban J connectivity index is 1.78. The molecular weight excluding hydrogens is 1100 g/mol. The number of rotatable bonds is 52. The molecule has 87 heavy (non-hydrogen) atoms. The molecule has 14 heteroatoms. The van der Waals surface area contributed by atoms with Crippen LogP contribution in [0, 0.1) is 0 Å². The van der Waals surface area contributed by atoms with E-state index in [1.165, 1.54) is 89.9 Å². The maximum atomic E-state index is 13.3. The summed E-state index contributed by atoms with van der Waals surface area (Å²) in [5, 5.41) is 87.3. The fourth-order valence-electron chi connectivity index (χ4n) is 9.91. The summed E-state index contributed by atoms with van der Waals surface area (Å²) in [7, 11) is 0. The topological polar surface area (TPSA) is 228 Å². The molecule has 0 aromatic rings. The third-order valence-electron chi connectivity index (χ3n) is 15.2. The Hall–Kier alpha value is -4.13. The first-order valence-electron chi connectivity index (χ1n) is 33.6. The van der Waals surface area contributed by atoms with Crippen molar-refractivity contribution in [3.8, 4) is 0 Å². The minimum absolute atomic E-state index is 0.180. The number of amides is 1. The van der Waals surface area contributed by atoms with E-state index in [1.807, 2.05) is 12.2 Å². The number of unbranched alkanes of at least 4 members (excludes halogenated alkanes) is 17. The highest BCUT2D eigenvalue weighted by atomic mass is 16.7. The van der Waals surface area contributed by atoms with Crippen molar-refractivity contribution in [2.24, 2.45) is 0 Å². The van der Waals surface area contributed by atoms with Crippen molar-refractivity contribution in [2.75, 3.05) is 19.8 Å². The molecule has 0 aromatic heterocycles. The van der Waals surface area contributed by atoms with Gasteiger partial charge < -0.3 is 65.1 Å². The lowest BCUT2D eigenvalue weighted by Crippen LogP contribution is -2.65. The van der Waals surface area contributed by atoms with E-state index in [0.29, 0.717) is 19.3 Å². The summed E-state index contributed by atoms with van der Waals surface area (Å²) in [6.45, 7) is 2.62. The molecule has 2 saturated heterocycles. The molecule has 0 aromatic carbocycles. The van der Waals surface area contributed by atoms with Gasteiger partial charge in [0.15, 0.2) is 12.6 Å². The largest absolute Gasteiger partial charge is 0.394 e. The molecule has 2 heterocycles. The van der Waals surface area contributed by atoms with Crippen LogP contribution in [0.3, 0.4) is 0 Å². The van der Waals surface area contributed by atoms with Crippen LogP contribution in [0.5, 0.6) is 0 Å². The minimum atomic E-state index is -1.81. The van der Waals surface area contributed by atoms with Crippen LogP contribution in [-0.2, 0) is 23.7 Å². The predicted octanol–water partition coefficient (Wildman–Crippen LogP) is 13.3. The molecule has 0 spiro atoms. The summed E-state index contributed by atoms with van der Waals surface area (Å²) < 4.78 is 22.8. The molecule has 14 nitrogen and oxygen atoms in total. The van der Waals surface area contributed by atoms with Gasteiger partial charge in [-0.3, -0.25) is 4.79 Å².